The Balaban J connectivity index is 1.41. The van der Waals surface area contributed by atoms with E-state index in [4.69, 9.17) is 14.2 Å². The fraction of sp³-hybridized carbons (Fsp3) is 0.0870. The van der Waals surface area contributed by atoms with Gasteiger partial charge in [0.1, 0.15) is 23.0 Å². The Morgan fingerprint density at radius 1 is 0.759 bits per heavy atom. The average Bonchev–Trinajstić information content (AvgIpc) is 3.09. The molecule has 0 saturated carbocycles. The molecular formula is C23H19BrN2O3. The number of benzene rings is 3. The van der Waals surface area contributed by atoms with Crippen molar-refractivity contribution in [3.8, 4) is 28.7 Å². The molecule has 6 heteroatoms. The summed E-state index contributed by atoms with van der Waals surface area (Å²) in [5.74, 6) is 3.73. The van der Waals surface area contributed by atoms with Crippen molar-refractivity contribution in [1.29, 1.82) is 0 Å². The van der Waals surface area contributed by atoms with Crippen LogP contribution in [-0.4, -0.2) is 16.9 Å². The first-order chi connectivity index (χ1) is 14.2. The molecule has 5 nitrogen and oxygen atoms in total. The number of hydrogen-bond donors (Lipinski definition) is 0. The van der Waals surface area contributed by atoms with Crippen molar-refractivity contribution in [2.45, 2.75) is 6.54 Å². The van der Waals surface area contributed by atoms with Crippen molar-refractivity contribution in [1.82, 2.24) is 9.78 Å². The second-order valence-corrected chi connectivity index (χ2v) is 7.07. The zero-order valence-corrected chi connectivity index (χ0v) is 17.4. The summed E-state index contributed by atoms with van der Waals surface area (Å²) in [6.07, 6.45) is 1.86. The molecule has 0 aliphatic carbocycles. The van der Waals surface area contributed by atoms with Gasteiger partial charge in [-0.25, -0.2) is 0 Å². The van der Waals surface area contributed by atoms with Gasteiger partial charge in [-0.3, -0.25) is 4.68 Å². The van der Waals surface area contributed by atoms with Crippen LogP contribution in [0.1, 0.15) is 5.56 Å². The van der Waals surface area contributed by atoms with Crippen LogP contribution in [-0.2, 0) is 6.54 Å². The molecule has 0 fully saturated rings. The van der Waals surface area contributed by atoms with Gasteiger partial charge in [0.15, 0.2) is 10.4 Å². The largest absolute Gasteiger partial charge is 0.497 e. The fourth-order valence-electron chi connectivity index (χ4n) is 2.77. The standard InChI is InChI=1S/C23H19BrN2O3/c1-27-18-9-7-17(8-10-18)15-26-16-22(23(24)25-26)29-21-13-11-20(12-14-21)28-19-5-3-2-4-6-19/h2-14,16H,15H2,1H3. The highest BCUT2D eigenvalue weighted by Crippen LogP contribution is 2.31. The molecule has 0 radical (unpaired) electrons. The van der Waals surface area contributed by atoms with Crippen LogP contribution in [0.25, 0.3) is 0 Å². The van der Waals surface area contributed by atoms with E-state index < -0.39 is 0 Å². The van der Waals surface area contributed by atoms with E-state index >= 15 is 0 Å². The highest BCUT2D eigenvalue weighted by molar-refractivity contribution is 9.10. The molecule has 0 N–H and O–H groups in total. The lowest BCUT2D eigenvalue weighted by molar-refractivity contribution is 0.414. The molecule has 0 amide bonds. The van der Waals surface area contributed by atoms with E-state index in [1.807, 2.05) is 89.7 Å². The number of ether oxygens (including phenoxy) is 3. The van der Waals surface area contributed by atoms with E-state index in [9.17, 15) is 0 Å². The van der Waals surface area contributed by atoms with Gasteiger partial charge in [0.2, 0.25) is 0 Å². The Kier molecular flexibility index (Phi) is 5.81. The SMILES string of the molecule is COc1ccc(Cn2cc(Oc3ccc(Oc4ccccc4)cc3)c(Br)n2)cc1. The Morgan fingerprint density at radius 3 is 2.00 bits per heavy atom. The first kappa shape index (κ1) is 19.1. The van der Waals surface area contributed by atoms with Gasteiger partial charge in [-0.2, -0.15) is 5.10 Å². The smallest absolute Gasteiger partial charge is 0.179 e. The maximum absolute atomic E-state index is 5.96. The van der Waals surface area contributed by atoms with E-state index in [2.05, 4.69) is 21.0 Å². The second kappa shape index (κ2) is 8.84. The summed E-state index contributed by atoms with van der Waals surface area (Å²) in [5, 5.41) is 4.47. The van der Waals surface area contributed by atoms with Gasteiger partial charge in [0.05, 0.1) is 19.9 Å². The topological polar surface area (TPSA) is 45.5 Å². The van der Waals surface area contributed by atoms with E-state index in [1.54, 1.807) is 7.11 Å². The van der Waals surface area contributed by atoms with Crippen molar-refractivity contribution in [2.24, 2.45) is 0 Å². The maximum Gasteiger partial charge on any atom is 0.179 e. The molecule has 1 heterocycles. The lowest BCUT2D eigenvalue weighted by atomic mass is 10.2. The summed E-state index contributed by atoms with van der Waals surface area (Å²) in [5.41, 5.74) is 1.12. The zero-order valence-electron chi connectivity index (χ0n) is 15.8. The van der Waals surface area contributed by atoms with Crippen molar-refractivity contribution in [2.75, 3.05) is 7.11 Å². The minimum atomic E-state index is 0.635. The summed E-state index contributed by atoms with van der Waals surface area (Å²) < 4.78 is 19.4. The fourth-order valence-corrected chi connectivity index (χ4v) is 3.16. The first-order valence-electron chi connectivity index (χ1n) is 9.06. The highest BCUT2D eigenvalue weighted by atomic mass is 79.9. The Hall–Kier alpha value is -3.25. The van der Waals surface area contributed by atoms with Crippen LogP contribution in [0.4, 0.5) is 0 Å². The molecule has 0 unspecified atom stereocenters. The summed E-state index contributed by atoms with van der Waals surface area (Å²) in [6, 6.07) is 25.0. The number of halogens is 1. The monoisotopic (exact) mass is 450 g/mol. The van der Waals surface area contributed by atoms with Gasteiger partial charge in [0, 0.05) is 0 Å². The highest BCUT2D eigenvalue weighted by Gasteiger charge is 2.10. The summed E-state index contributed by atoms with van der Waals surface area (Å²) in [7, 11) is 1.66. The van der Waals surface area contributed by atoms with Gasteiger partial charge in [-0.15, -0.1) is 0 Å². The maximum atomic E-state index is 5.96. The molecule has 1 aromatic heterocycles. The molecule has 0 atom stereocenters. The molecule has 3 aromatic carbocycles. The minimum Gasteiger partial charge on any atom is -0.497 e. The number of rotatable bonds is 7. The van der Waals surface area contributed by atoms with Crippen molar-refractivity contribution in [3.63, 3.8) is 0 Å². The van der Waals surface area contributed by atoms with Gasteiger partial charge in [-0.1, -0.05) is 30.3 Å². The van der Waals surface area contributed by atoms with Crippen LogP contribution < -0.4 is 14.2 Å². The minimum absolute atomic E-state index is 0.635. The van der Waals surface area contributed by atoms with Gasteiger partial charge in [-0.05, 0) is 70.0 Å². The van der Waals surface area contributed by atoms with E-state index in [-0.39, 0.29) is 0 Å². The number of aromatic nitrogens is 2. The second-order valence-electron chi connectivity index (χ2n) is 6.32. The number of nitrogens with zero attached hydrogens (tertiary/aromatic N) is 2. The molecule has 0 saturated heterocycles. The van der Waals surface area contributed by atoms with E-state index in [0.29, 0.717) is 22.6 Å². The number of methoxy groups -OCH3 is 1. The van der Waals surface area contributed by atoms with Crippen LogP contribution in [0.3, 0.4) is 0 Å². The lowest BCUT2D eigenvalue weighted by Gasteiger charge is -2.07. The molecule has 0 spiro atoms. The molecule has 146 valence electrons. The molecule has 4 aromatic rings. The summed E-state index contributed by atoms with van der Waals surface area (Å²) in [4.78, 5) is 0. The van der Waals surface area contributed by atoms with E-state index in [0.717, 1.165) is 22.8 Å². The quantitative estimate of drug-likeness (QED) is 0.332. The van der Waals surface area contributed by atoms with Crippen LogP contribution in [0, 0.1) is 0 Å². The van der Waals surface area contributed by atoms with Crippen LogP contribution in [0.15, 0.2) is 89.7 Å². The lowest BCUT2D eigenvalue weighted by Crippen LogP contribution is -1.99. The average molecular weight is 451 g/mol. The van der Waals surface area contributed by atoms with Gasteiger partial charge < -0.3 is 14.2 Å². The number of para-hydroxylation sites is 1. The third kappa shape index (κ3) is 4.97. The Labute approximate surface area is 177 Å². The predicted octanol–water partition coefficient (Wildman–Crippen LogP) is 6.29. The first-order valence-corrected chi connectivity index (χ1v) is 9.85. The van der Waals surface area contributed by atoms with E-state index in [1.165, 1.54) is 0 Å². The molecule has 0 aliphatic rings. The molecule has 0 bridgehead atoms. The van der Waals surface area contributed by atoms with Gasteiger partial charge in [0.25, 0.3) is 0 Å². The third-order valence-corrected chi connectivity index (χ3v) is 4.77. The third-order valence-electron chi connectivity index (χ3n) is 4.22. The molecule has 0 aliphatic heterocycles. The Bertz CT molecular complexity index is 1060. The summed E-state index contributed by atoms with van der Waals surface area (Å²) in [6.45, 7) is 0.635. The summed E-state index contributed by atoms with van der Waals surface area (Å²) >= 11 is 3.47. The number of hydrogen-bond acceptors (Lipinski definition) is 4. The van der Waals surface area contributed by atoms with Crippen molar-refractivity contribution in [3.05, 3.63) is 95.2 Å². The Morgan fingerprint density at radius 2 is 1.34 bits per heavy atom. The van der Waals surface area contributed by atoms with Crippen LogP contribution in [0.5, 0.6) is 28.7 Å². The normalized spacial score (nSPS) is 10.6. The van der Waals surface area contributed by atoms with Crippen LogP contribution >= 0.6 is 15.9 Å². The van der Waals surface area contributed by atoms with Crippen molar-refractivity contribution >= 4 is 15.9 Å². The molecular weight excluding hydrogens is 432 g/mol. The predicted molar refractivity (Wildman–Crippen MR) is 115 cm³/mol. The van der Waals surface area contributed by atoms with Gasteiger partial charge >= 0.3 is 0 Å². The van der Waals surface area contributed by atoms with Crippen molar-refractivity contribution < 1.29 is 14.2 Å². The van der Waals surface area contributed by atoms with Crippen LogP contribution in [0.2, 0.25) is 0 Å². The zero-order chi connectivity index (χ0) is 20.1. The molecule has 29 heavy (non-hydrogen) atoms. The molecule has 4 rings (SSSR count).